The number of amides is 2. The smallest absolute Gasteiger partial charge is 0.276 e. The molecule has 2 amide bonds. The summed E-state index contributed by atoms with van der Waals surface area (Å²) in [5, 5.41) is 3.48. The Hall–Kier alpha value is -3.32. The zero-order chi connectivity index (χ0) is 18.9. The summed E-state index contributed by atoms with van der Waals surface area (Å²) in [7, 11) is 0. The van der Waals surface area contributed by atoms with Gasteiger partial charge in [0.15, 0.2) is 6.61 Å². The van der Waals surface area contributed by atoms with Gasteiger partial charge in [0.05, 0.1) is 5.56 Å². The second-order valence-electron chi connectivity index (χ2n) is 5.55. The number of hydrogen-bond acceptors (Lipinski definition) is 5. The van der Waals surface area contributed by atoms with Crippen molar-refractivity contribution in [2.24, 2.45) is 0 Å². The van der Waals surface area contributed by atoms with Crippen molar-refractivity contribution in [3.05, 3.63) is 82.6 Å². The van der Waals surface area contributed by atoms with E-state index in [1.165, 1.54) is 11.3 Å². The molecule has 0 spiro atoms. The Labute approximate surface area is 160 Å². The summed E-state index contributed by atoms with van der Waals surface area (Å²) in [6.07, 6.45) is 0. The topological polar surface area (TPSA) is 76.7 Å². The van der Waals surface area contributed by atoms with Gasteiger partial charge in [0.25, 0.3) is 11.8 Å². The van der Waals surface area contributed by atoms with Gasteiger partial charge in [-0.3, -0.25) is 20.4 Å². The number of carbonyl (C=O) groups is 2. The van der Waals surface area contributed by atoms with Crippen LogP contribution in [0.25, 0.3) is 0 Å². The van der Waals surface area contributed by atoms with Crippen LogP contribution in [0.1, 0.15) is 15.9 Å². The van der Waals surface area contributed by atoms with Crippen LogP contribution in [0.4, 0.5) is 0 Å². The third-order valence-electron chi connectivity index (χ3n) is 3.54. The summed E-state index contributed by atoms with van der Waals surface area (Å²) in [6, 6.07) is 18.5. The number of hydrazine groups is 1. The maximum atomic E-state index is 11.7. The summed E-state index contributed by atoms with van der Waals surface area (Å²) in [5.74, 6) is 0.410. The van der Waals surface area contributed by atoms with Gasteiger partial charge >= 0.3 is 0 Å². The van der Waals surface area contributed by atoms with E-state index >= 15 is 0 Å². The number of rotatable bonds is 7. The van der Waals surface area contributed by atoms with E-state index in [-0.39, 0.29) is 12.5 Å². The molecule has 7 heteroatoms. The van der Waals surface area contributed by atoms with Crippen LogP contribution in [0.3, 0.4) is 0 Å². The van der Waals surface area contributed by atoms with Crippen molar-refractivity contribution >= 4 is 23.2 Å². The van der Waals surface area contributed by atoms with Crippen molar-refractivity contribution in [3.8, 4) is 11.5 Å². The van der Waals surface area contributed by atoms with Crippen molar-refractivity contribution in [2.45, 2.75) is 6.61 Å². The molecule has 1 aromatic heterocycles. The van der Waals surface area contributed by atoms with Gasteiger partial charge in [0.2, 0.25) is 0 Å². The number of thiophene rings is 1. The molecular formula is C20H18N2O4S. The van der Waals surface area contributed by atoms with E-state index in [1.807, 2.05) is 30.3 Å². The third kappa shape index (κ3) is 5.86. The minimum absolute atomic E-state index is 0.214. The lowest BCUT2D eigenvalue weighted by atomic mass is 10.2. The van der Waals surface area contributed by atoms with Gasteiger partial charge in [-0.2, -0.15) is 11.3 Å². The van der Waals surface area contributed by atoms with Crippen molar-refractivity contribution in [1.82, 2.24) is 10.9 Å². The van der Waals surface area contributed by atoms with E-state index in [1.54, 1.807) is 41.1 Å². The Morgan fingerprint density at radius 3 is 2.22 bits per heavy atom. The molecule has 0 saturated heterocycles. The highest BCUT2D eigenvalue weighted by Gasteiger charge is 2.08. The standard InChI is InChI=1S/C20H18N2O4S/c23-19(21-22-20(24)16-10-11-27-14-16)13-26-18-8-6-17(7-9-18)25-12-15-4-2-1-3-5-15/h1-11,14H,12-13H2,(H,21,23)(H,22,24). The van der Waals surface area contributed by atoms with Crippen LogP contribution < -0.4 is 20.3 Å². The predicted molar refractivity (Wildman–Crippen MR) is 103 cm³/mol. The van der Waals surface area contributed by atoms with E-state index in [4.69, 9.17) is 9.47 Å². The monoisotopic (exact) mass is 382 g/mol. The molecule has 0 atom stereocenters. The van der Waals surface area contributed by atoms with Crippen LogP contribution in [0.2, 0.25) is 0 Å². The fourth-order valence-corrected chi connectivity index (χ4v) is 2.79. The maximum absolute atomic E-state index is 11.7. The molecule has 0 aliphatic rings. The molecule has 6 nitrogen and oxygen atoms in total. The summed E-state index contributed by atoms with van der Waals surface area (Å²) in [4.78, 5) is 23.5. The van der Waals surface area contributed by atoms with Crippen LogP contribution in [-0.4, -0.2) is 18.4 Å². The highest BCUT2D eigenvalue weighted by atomic mass is 32.1. The van der Waals surface area contributed by atoms with E-state index in [9.17, 15) is 9.59 Å². The molecule has 1 heterocycles. The molecule has 0 aliphatic carbocycles. The van der Waals surface area contributed by atoms with Gasteiger partial charge in [-0.1, -0.05) is 30.3 Å². The van der Waals surface area contributed by atoms with Gasteiger partial charge in [-0.05, 0) is 41.3 Å². The Bertz CT molecular complexity index is 865. The van der Waals surface area contributed by atoms with Crippen molar-refractivity contribution in [3.63, 3.8) is 0 Å². The lowest BCUT2D eigenvalue weighted by Gasteiger charge is -2.09. The molecule has 138 valence electrons. The zero-order valence-corrected chi connectivity index (χ0v) is 15.2. The normalized spacial score (nSPS) is 10.1. The summed E-state index contributed by atoms with van der Waals surface area (Å²) in [5.41, 5.74) is 6.21. The first-order valence-electron chi connectivity index (χ1n) is 8.22. The average molecular weight is 382 g/mol. The lowest BCUT2D eigenvalue weighted by molar-refractivity contribution is -0.123. The van der Waals surface area contributed by atoms with E-state index in [0.717, 1.165) is 5.56 Å². The molecule has 3 rings (SSSR count). The Morgan fingerprint density at radius 1 is 0.852 bits per heavy atom. The second kappa shape index (κ2) is 9.40. The van der Waals surface area contributed by atoms with Crippen LogP contribution in [0, 0.1) is 0 Å². The molecular weight excluding hydrogens is 364 g/mol. The Kier molecular flexibility index (Phi) is 6.43. The highest BCUT2D eigenvalue weighted by molar-refractivity contribution is 7.08. The number of carbonyl (C=O) groups excluding carboxylic acids is 2. The average Bonchev–Trinajstić information content (AvgIpc) is 3.25. The summed E-state index contributed by atoms with van der Waals surface area (Å²) >= 11 is 1.40. The first kappa shape index (κ1) is 18.5. The number of nitrogens with one attached hydrogen (secondary N) is 2. The molecule has 0 unspecified atom stereocenters. The first-order valence-corrected chi connectivity index (χ1v) is 9.16. The molecule has 0 fully saturated rings. The maximum Gasteiger partial charge on any atom is 0.276 e. The van der Waals surface area contributed by atoms with E-state index in [2.05, 4.69) is 10.9 Å². The quantitative estimate of drug-likeness (QED) is 0.616. The van der Waals surface area contributed by atoms with Crippen LogP contribution in [-0.2, 0) is 11.4 Å². The minimum atomic E-state index is -0.456. The van der Waals surface area contributed by atoms with Gasteiger partial charge in [0.1, 0.15) is 18.1 Å². The number of ether oxygens (including phenoxy) is 2. The molecule has 2 N–H and O–H groups in total. The van der Waals surface area contributed by atoms with Crippen LogP contribution >= 0.6 is 11.3 Å². The zero-order valence-electron chi connectivity index (χ0n) is 14.4. The SMILES string of the molecule is O=C(COc1ccc(OCc2ccccc2)cc1)NNC(=O)c1ccsc1. The molecule has 2 aromatic carbocycles. The fourth-order valence-electron chi connectivity index (χ4n) is 2.15. The molecule has 0 aliphatic heterocycles. The fraction of sp³-hybridized carbons (Fsp3) is 0.100. The predicted octanol–water partition coefficient (Wildman–Crippen LogP) is 3.17. The Morgan fingerprint density at radius 2 is 1.56 bits per heavy atom. The molecule has 0 bridgehead atoms. The van der Waals surface area contributed by atoms with Crippen LogP contribution in [0.5, 0.6) is 11.5 Å². The lowest BCUT2D eigenvalue weighted by Crippen LogP contribution is -2.43. The van der Waals surface area contributed by atoms with Gasteiger partial charge in [-0.25, -0.2) is 0 Å². The van der Waals surface area contributed by atoms with Gasteiger partial charge < -0.3 is 9.47 Å². The first-order chi connectivity index (χ1) is 13.2. The van der Waals surface area contributed by atoms with Crippen molar-refractivity contribution in [1.29, 1.82) is 0 Å². The minimum Gasteiger partial charge on any atom is -0.489 e. The van der Waals surface area contributed by atoms with Crippen molar-refractivity contribution < 1.29 is 19.1 Å². The van der Waals surface area contributed by atoms with Crippen LogP contribution in [0.15, 0.2) is 71.4 Å². The molecule has 27 heavy (non-hydrogen) atoms. The molecule has 0 saturated carbocycles. The summed E-state index contributed by atoms with van der Waals surface area (Å²) < 4.78 is 11.1. The number of hydrogen-bond donors (Lipinski definition) is 2. The molecule has 0 radical (unpaired) electrons. The second-order valence-corrected chi connectivity index (χ2v) is 6.33. The van der Waals surface area contributed by atoms with Crippen molar-refractivity contribution in [2.75, 3.05) is 6.61 Å². The highest BCUT2D eigenvalue weighted by Crippen LogP contribution is 2.18. The van der Waals surface area contributed by atoms with E-state index < -0.39 is 5.91 Å². The molecule has 3 aromatic rings. The van der Waals surface area contributed by atoms with Gasteiger partial charge in [0, 0.05) is 5.38 Å². The Balaban J connectivity index is 1.39. The summed E-state index contributed by atoms with van der Waals surface area (Å²) in [6.45, 7) is 0.265. The van der Waals surface area contributed by atoms with Gasteiger partial charge in [-0.15, -0.1) is 0 Å². The number of benzene rings is 2. The third-order valence-corrected chi connectivity index (χ3v) is 4.22. The van der Waals surface area contributed by atoms with E-state index in [0.29, 0.717) is 23.7 Å². The largest absolute Gasteiger partial charge is 0.489 e.